The van der Waals surface area contributed by atoms with Crippen LogP contribution in [0.2, 0.25) is 0 Å². The van der Waals surface area contributed by atoms with Crippen molar-refractivity contribution in [2.45, 2.75) is 39.2 Å². The van der Waals surface area contributed by atoms with Crippen molar-refractivity contribution in [2.24, 2.45) is 4.99 Å². The molecular formula is C11H20N2. The maximum absolute atomic E-state index is 4.29. The summed E-state index contributed by atoms with van der Waals surface area (Å²) in [6.45, 7) is 5.63. The van der Waals surface area contributed by atoms with Crippen LogP contribution >= 0.6 is 0 Å². The highest BCUT2D eigenvalue weighted by molar-refractivity contribution is 5.64. The second-order valence-corrected chi connectivity index (χ2v) is 3.92. The number of nitrogens with zero attached hydrogens (tertiary/aromatic N) is 2. The van der Waals surface area contributed by atoms with Gasteiger partial charge in [-0.05, 0) is 40.3 Å². The van der Waals surface area contributed by atoms with Gasteiger partial charge in [0, 0.05) is 24.4 Å². The van der Waals surface area contributed by atoms with Gasteiger partial charge in [0.2, 0.25) is 0 Å². The zero-order valence-corrected chi connectivity index (χ0v) is 8.95. The Morgan fingerprint density at radius 2 is 2.31 bits per heavy atom. The van der Waals surface area contributed by atoms with Crippen molar-refractivity contribution in [3.05, 3.63) is 11.8 Å². The molecule has 1 aliphatic heterocycles. The van der Waals surface area contributed by atoms with Gasteiger partial charge in [-0.3, -0.25) is 4.99 Å². The van der Waals surface area contributed by atoms with E-state index in [4.69, 9.17) is 0 Å². The summed E-state index contributed by atoms with van der Waals surface area (Å²) in [5.74, 6) is 0. The molecule has 2 nitrogen and oxygen atoms in total. The molecule has 0 amide bonds. The Balaban J connectivity index is 2.10. The van der Waals surface area contributed by atoms with Crippen LogP contribution in [-0.2, 0) is 0 Å². The third kappa shape index (κ3) is 3.73. The summed E-state index contributed by atoms with van der Waals surface area (Å²) in [7, 11) is 2.18. The van der Waals surface area contributed by atoms with Crippen LogP contribution in [0, 0.1) is 0 Å². The van der Waals surface area contributed by atoms with Crippen molar-refractivity contribution in [2.75, 3.05) is 13.6 Å². The molecule has 74 valence electrons. The molecule has 0 N–H and O–H groups in total. The molecule has 2 heteroatoms. The number of rotatable bonds is 5. The standard InChI is InChI=1S/C11H20N2/c1-10(2)13(3)9-5-7-11-6-4-8-12-11/h6,8,10H,4-5,7,9H2,1-3H3. The lowest BCUT2D eigenvalue weighted by molar-refractivity contribution is 0.270. The molecule has 13 heavy (non-hydrogen) atoms. The van der Waals surface area contributed by atoms with E-state index in [1.807, 2.05) is 6.21 Å². The molecule has 1 aliphatic rings. The molecule has 0 atom stereocenters. The Morgan fingerprint density at radius 3 is 2.85 bits per heavy atom. The molecule has 0 saturated carbocycles. The van der Waals surface area contributed by atoms with Crippen molar-refractivity contribution in [1.29, 1.82) is 0 Å². The minimum atomic E-state index is 0.654. The Labute approximate surface area is 81.3 Å². The Kier molecular flexibility index (Phi) is 4.16. The van der Waals surface area contributed by atoms with Crippen molar-refractivity contribution in [3.8, 4) is 0 Å². The predicted molar refractivity (Wildman–Crippen MR) is 58.2 cm³/mol. The molecule has 0 fully saturated rings. The van der Waals surface area contributed by atoms with Crippen molar-refractivity contribution in [3.63, 3.8) is 0 Å². The Bertz CT molecular complexity index is 204. The van der Waals surface area contributed by atoms with Crippen molar-refractivity contribution in [1.82, 2.24) is 4.90 Å². The molecule has 0 radical (unpaired) electrons. The highest BCUT2D eigenvalue weighted by atomic mass is 15.1. The normalized spacial score (nSPS) is 15.9. The number of aliphatic imine (C=N–C) groups is 1. The molecule has 0 aromatic carbocycles. The van der Waals surface area contributed by atoms with Gasteiger partial charge in [0.25, 0.3) is 0 Å². The lowest BCUT2D eigenvalue weighted by Gasteiger charge is -2.20. The van der Waals surface area contributed by atoms with Crippen molar-refractivity contribution < 1.29 is 0 Å². The van der Waals surface area contributed by atoms with Crippen LogP contribution in [-0.4, -0.2) is 30.7 Å². The van der Waals surface area contributed by atoms with Crippen LogP contribution in [0.25, 0.3) is 0 Å². The van der Waals surface area contributed by atoms with E-state index >= 15 is 0 Å². The molecule has 0 unspecified atom stereocenters. The van der Waals surface area contributed by atoms with E-state index in [-0.39, 0.29) is 0 Å². The highest BCUT2D eigenvalue weighted by Gasteiger charge is 2.04. The van der Waals surface area contributed by atoms with Gasteiger partial charge in [-0.25, -0.2) is 0 Å². The van der Waals surface area contributed by atoms with E-state index < -0.39 is 0 Å². The fourth-order valence-electron chi connectivity index (χ4n) is 1.35. The van der Waals surface area contributed by atoms with Gasteiger partial charge in [0.15, 0.2) is 0 Å². The smallest absolute Gasteiger partial charge is 0.0364 e. The largest absolute Gasteiger partial charge is 0.304 e. The first-order valence-corrected chi connectivity index (χ1v) is 5.12. The van der Waals surface area contributed by atoms with E-state index in [2.05, 4.69) is 36.9 Å². The number of hydrogen-bond acceptors (Lipinski definition) is 2. The first-order valence-electron chi connectivity index (χ1n) is 5.12. The summed E-state index contributed by atoms with van der Waals surface area (Å²) >= 11 is 0. The highest BCUT2D eigenvalue weighted by Crippen LogP contribution is 2.12. The minimum Gasteiger partial charge on any atom is -0.304 e. The molecule has 1 heterocycles. The molecule has 0 aromatic heterocycles. The van der Waals surface area contributed by atoms with Gasteiger partial charge in [-0.15, -0.1) is 0 Å². The average Bonchev–Trinajstić information content (AvgIpc) is 2.56. The summed E-state index contributed by atoms with van der Waals surface area (Å²) in [6, 6.07) is 0.654. The third-order valence-corrected chi connectivity index (χ3v) is 2.54. The minimum absolute atomic E-state index is 0.654. The molecule has 0 aliphatic carbocycles. The fourth-order valence-corrected chi connectivity index (χ4v) is 1.35. The Hall–Kier alpha value is -0.630. The van der Waals surface area contributed by atoms with Crippen LogP contribution in [0.3, 0.4) is 0 Å². The third-order valence-electron chi connectivity index (χ3n) is 2.54. The van der Waals surface area contributed by atoms with E-state index in [1.54, 1.807) is 0 Å². The molecule has 1 rings (SSSR count). The average molecular weight is 180 g/mol. The van der Waals surface area contributed by atoms with Gasteiger partial charge in [-0.2, -0.15) is 0 Å². The maximum Gasteiger partial charge on any atom is 0.0364 e. The Morgan fingerprint density at radius 1 is 1.54 bits per heavy atom. The van der Waals surface area contributed by atoms with E-state index in [1.165, 1.54) is 18.7 Å². The summed E-state index contributed by atoms with van der Waals surface area (Å²) in [6.07, 6.45) is 7.59. The van der Waals surface area contributed by atoms with Crippen LogP contribution < -0.4 is 0 Å². The number of allylic oxidation sites excluding steroid dienone is 2. The molecule has 0 spiro atoms. The quantitative estimate of drug-likeness (QED) is 0.634. The van der Waals surface area contributed by atoms with Crippen molar-refractivity contribution >= 4 is 6.21 Å². The van der Waals surface area contributed by atoms with Gasteiger partial charge in [0.1, 0.15) is 0 Å². The first kappa shape index (κ1) is 10.5. The number of hydrogen-bond donors (Lipinski definition) is 0. The summed E-state index contributed by atoms with van der Waals surface area (Å²) in [5, 5.41) is 0. The van der Waals surface area contributed by atoms with Gasteiger partial charge in [-0.1, -0.05) is 6.08 Å². The summed E-state index contributed by atoms with van der Waals surface area (Å²) in [5.41, 5.74) is 1.28. The van der Waals surface area contributed by atoms with Crippen LogP contribution in [0.5, 0.6) is 0 Å². The lowest BCUT2D eigenvalue weighted by atomic mass is 10.2. The first-order chi connectivity index (χ1) is 6.20. The van der Waals surface area contributed by atoms with Gasteiger partial charge in [0.05, 0.1) is 0 Å². The van der Waals surface area contributed by atoms with Gasteiger partial charge >= 0.3 is 0 Å². The zero-order valence-electron chi connectivity index (χ0n) is 8.95. The van der Waals surface area contributed by atoms with E-state index in [0.717, 1.165) is 12.8 Å². The van der Waals surface area contributed by atoms with E-state index in [9.17, 15) is 0 Å². The fraction of sp³-hybridized carbons (Fsp3) is 0.727. The van der Waals surface area contributed by atoms with Crippen LogP contribution in [0.15, 0.2) is 16.8 Å². The predicted octanol–water partition coefficient (Wildman–Crippen LogP) is 2.47. The molecule has 0 bridgehead atoms. The summed E-state index contributed by atoms with van der Waals surface area (Å²) < 4.78 is 0. The second-order valence-electron chi connectivity index (χ2n) is 3.92. The second kappa shape index (κ2) is 5.18. The van der Waals surface area contributed by atoms with Gasteiger partial charge < -0.3 is 4.90 Å². The monoisotopic (exact) mass is 180 g/mol. The SMILES string of the molecule is CC(C)N(C)CCCC1=CCC=N1. The topological polar surface area (TPSA) is 15.6 Å². The zero-order chi connectivity index (χ0) is 9.68. The van der Waals surface area contributed by atoms with E-state index in [0.29, 0.717) is 6.04 Å². The molecular weight excluding hydrogens is 160 g/mol. The van der Waals surface area contributed by atoms with Crippen LogP contribution in [0.4, 0.5) is 0 Å². The van der Waals surface area contributed by atoms with Crippen LogP contribution in [0.1, 0.15) is 33.1 Å². The lowest BCUT2D eigenvalue weighted by Crippen LogP contribution is -2.27. The molecule has 0 aromatic rings. The maximum atomic E-state index is 4.29. The summed E-state index contributed by atoms with van der Waals surface area (Å²) in [4.78, 5) is 6.67. The molecule has 0 saturated heterocycles.